The first-order valence-electron chi connectivity index (χ1n) is 6.06. The van der Waals surface area contributed by atoms with Crippen LogP contribution in [0, 0.1) is 13.8 Å². The molecule has 0 aliphatic rings. The number of carbonyl (C=O) groups is 1. The molecule has 0 bridgehead atoms. The largest absolute Gasteiger partial charge is 0.298 e. The van der Waals surface area contributed by atoms with Gasteiger partial charge in [-0.05, 0) is 26.0 Å². The van der Waals surface area contributed by atoms with Gasteiger partial charge in [-0.15, -0.1) is 0 Å². The first-order chi connectivity index (χ1) is 9.13. The number of imidazole rings is 1. The molecule has 0 saturated heterocycles. The van der Waals surface area contributed by atoms with E-state index in [0.717, 1.165) is 34.7 Å². The van der Waals surface area contributed by atoms with Crippen molar-refractivity contribution >= 4 is 17.3 Å². The summed E-state index contributed by atoms with van der Waals surface area (Å²) in [7, 11) is 1.84. The van der Waals surface area contributed by atoms with Gasteiger partial charge in [0, 0.05) is 7.05 Å². The summed E-state index contributed by atoms with van der Waals surface area (Å²) in [5.41, 5.74) is 3.22. The second kappa shape index (κ2) is 4.05. The fraction of sp³-hybridized carbons (Fsp3) is 0.214. The van der Waals surface area contributed by atoms with Crippen LogP contribution < -0.4 is 0 Å². The third kappa shape index (κ3) is 1.58. The number of hydrogen-bond acceptors (Lipinski definition) is 3. The molecular formula is C14H14N4O. The molecule has 2 aromatic heterocycles. The average Bonchev–Trinajstić information content (AvgIpc) is 2.84. The standard InChI is InChI=1S/C14H14N4O/c1-9-11(8-19)14(17(3)16-9)18-10(2)15-12-6-4-5-7-13(12)18/h4-8H,1-3H3. The van der Waals surface area contributed by atoms with Crippen LogP contribution in [0.4, 0.5) is 0 Å². The van der Waals surface area contributed by atoms with E-state index in [4.69, 9.17) is 0 Å². The maximum absolute atomic E-state index is 11.3. The van der Waals surface area contributed by atoms with Gasteiger partial charge in [-0.2, -0.15) is 5.10 Å². The van der Waals surface area contributed by atoms with E-state index >= 15 is 0 Å². The SMILES string of the molecule is Cc1nn(C)c(-n2c(C)nc3ccccc32)c1C=O. The van der Waals surface area contributed by atoms with Gasteiger partial charge in [0.1, 0.15) is 11.6 Å². The third-order valence-corrected chi connectivity index (χ3v) is 3.30. The Morgan fingerprint density at radius 2 is 1.95 bits per heavy atom. The molecule has 3 aromatic rings. The highest BCUT2D eigenvalue weighted by atomic mass is 16.1. The van der Waals surface area contributed by atoms with E-state index in [-0.39, 0.29) is 0 Å². The van der Waals surface area contributed by atoms with Crippen LogP contribution in [0.1, 0.15) is 21.9 Å². The van der Waals surface area contributed by atoms with E-state index in [1.165, 1.54) is 0 Å². The average molecular weight is 254 g/mol. The topological polar surface area (TPSA) is 52.7 Å². The number of aromatic nitrogens is 4. The molecular weight excluding hydrogens is 240 g/mol. The lowest BCUT2D eigenvalue weighted by molar-refractivity contribution is 0.112. The predicted molar refractivity (Wildman–Crippen MR) is 72.7 cm³/mol. The van der Waals surface area contributed by atoms with E-state index in [1.807, 2.05) is 49.7 Å². The zero-order valence-corrected chi connectivity index (χ0v) is 11.1. The van der Waals surface area contributed by atoms with Gasteiger partial charge in [0.25, 0.3) is 0 Å². The Labute approximate surface area is 110 Å². The van der Waals surface area contributed by atoms with Crippen LogP contribution in [-0.4, -0.2) is 25.6 Å². The fourth-order valence-corrected chi connectivity index (χ4v) is 2.48. The lowest BCUT2D eigenvalue weighted by atomic mass is 10.2. The molecule has 0 saturated carbocycles. The van der Waals surface area contributed by atoms with E-state index in [0.29, 0.717) is 5.56 Å². The summed E-state index contributed by atoms with van der Waals surface area (Å²) >= 11 is 0. The van der Waals surface area contributed by atoms with Crippen molar-refractivity contribution in [1.82, 2.24) is 19.3 Å². The zero-order chi connectivity index (χ0) is 13.6. The molecule has 0 amide bonds. The molecule has 96 valence electrons. The van der Waals surface area contributed by atoms with Crippen LogP contribution in [0.15, 0.2) is 24.3 Å². The van der Waals surface area contributed by atoms with E-state index in [1.54, 1.807) is 4.68 Å². The molecule has 0 atom stereocenters. The molecule has 5 heteroatoms. The Hall–Kier alpha value is -2.43. The summed E-state index contributed by atoms with van der Waals surface area (Å²) in [6.45, 7) is 3.76. The van der Waals surface area contributed by atoms with Crippen molar-refractivity contribution in [1.29, 1.82) is 0 Å². The minimum absolute atomic E-state index is 0.605. The highest BCUT2D eigenvalue weighted by Crippen LogP contribution is 2.24. The smallest absolute Gasteiger partial charge is 0.155 e. The Bertz CT molecular complexity index is 782. The summed E-state index contributed by atoms with van der Waals surface area (Å²) in [6, 6.07) is 7.87. The third-order valence-electron chi connectivity index (χ3n) is 3.30. The molecule has 0 radical (unpaired) electrons. The normalized spacial score (nSPS) is 11.1. The highest BCUT2D eigenvalue weighted by molar-refractivity contribution is 5.85. The summed E-state index contributed by atoms with van der Waals surface area (Å²) in [4.78, 5) is 15.8. The van der Waals surface area contributed by atoms with Crippen molar-refractivity contribution in [3.63, 3.8) is 0 Å². The molecule has 3 rings (SSSR count). The molecule has 1 aromatic carbocycles. The lowest BCUT2D eigenvalue weighted by Crippen LogP contribution is -2.06. The monoisotopic (exact) mass is 254 g/mol. The molecule has 2 heterocycles. The minimum atomic E-state index is 0.605. The number of benzene rings is 1. The Morgan fingerprint density at radius 1 is 1.21 bits per heavy atom. The van der Waals surface area contributed by atoms with Gasteiger partial charge in [0.2, 0.25) is 0 Å². The van der Waals surface area contributed by atoms with Crippen molar-refractivity contribution in [2.75, 3.05) is 0 Å². The van der Waals surface area contributed by atoms with Crippen LogP contribution in [0.2, 0.25) is 0 Å². The molecule has 0 unspecified atom stereocenters. The fourth-order valence-electron chi connectivity index (χ4n) is 2.48. The van der Waals surface area contributed by atoms with Crippen molar-refractivity contribution in [3.8, 4) is 5.82 Å². The quantitative estimate of drug-likeness (QED) is 0.659. The van der Waals surface area contributed by atoms with E-state index in [2.05, 4.69) is 10.1 Å². The Morgan fingerprint density at radius 3 is 2.68 bits per heavy atom. The molecule has 0 aliphatic heterocycles. The van der Waals surface area contributed by atoms with Crippen molar-refractivity contribution in [2.24, 2.45) is 7.05 Å². The number of aldehydes is 1. The number of aryl methyl sites for hydroxylation is 3. The van der Waals surface area contributed by atoms with Crippen molar-refractivity contribution < 1.29 is 4.79 Å². The summed E-state index contributed by atoms with van der Waals surface area (Å²) in [6.07, 6.45) is 0.853. The van der Waals surface area contributed by atoms with Gasteiger partial charge < -0.3 is 0 Å². The zero-order valence-electron chi connectivity index (χ0n) is 11.1. The maximum atomic E-state index is 11.3. The predicted octanol–water partition coefficient (Wildman–Crippen LogP) is 2.19. The second-order valence-corrected chi connectivity index (χ2v) is 4.55. The van der Waals surface area contributed by atoms with Crippen LogP contribution in [0.25, 0.3) is 16.9 Å². The number of nitrogens with zero attached hydrogens (tertiary/aromatic N) is 4. The molecule has 19 heavy (non-hydrogen) atoms. The Balaban J connectivity index is 2.42. The lowest BCUT2D eigenvalue weighted by Gasteiger charge is -2.08. The number of para-hydroxylation sites is 2. The van der Waals surface area contributed by atoms with E-state index in [9.17, 15) is 4.79 Å². The van der Waals surface area contributed by atoms with Gasteiger partial charge in [0.05, 0.1) is 22.3 Å². The van der Waals surface area contributed by atoms with E-state index < -0.39 is 0 Å². The highest BCUT2D eigenvalue weighted by Gasteiger charge is 2.18. The van der Waals surface area contributed by atoms with Crippen LogP contribution in [0.3, 0.4) is 0 Å². The second-order valence-electron chi connectivity index (χ2n) is 4.55. The molecule has 0 aliphatic carbocycles. The molecule has 0 spiro atoms. The number of hydrogen-bond donors (Lipinski definition) is 0. The maximum Gasteiger partial charge on any atom is 0.155 e. The van der Waals surface area contributed by atoms with Gasteiger partial charge in [0.15, 0.2) is 6.29 Å². The number of fused-ring (bicyclic) bond motifs is 1. The molecule has 0 N–H and O–H groups in total. The van der Waals surface area contributed by atoms with Gasteiger partial charge in [-0.25, -0.2) is 4.98 Å². The first-order valence-corrected chi connectivity index (χ1v) is 6.06. The summed E-state index contributed by atoms with van der Waals surface area (Å²) in [5.74, 6) is 1.60. The molecule has 0 fully saturated rings. The van der Waals surface area contributed by atoms with Crippen molar-refractivity contribution in [3.05, 3.63) is 41.3 Å². The van der Waals surface area contributed by atoms with Crippen LogP contribution in [0.5, 0.6) is 0 Å². The first kappa shape index (κ1) is 11.6. The van der Waals surface area contributed by atoms with Gasteiger partial charge >= 0.3 is 0 Å². The minimum Gasteiger partial charge on any atom is -0.298 e. The summed E-state index contributed by atoms with van der Waals surface area (Å²) < 4.78 is 3.69. The van der Waals surface area contributed by atoms with Crippen LogP contribution >= 0.6 is 0 Å². The van der Waals surface area contributed by atoms with Gasteiger partial charge in [-0.1, -0.05) is 12.1 Å². The number of rotatable bonds is 2. The molecule has 5 nitrogen and oxygen atoms in total. The summed E-state index contributed by atoms with van der Waals surface area (Å²) in [5, 5.41) is 4.32. The number of carbonyl (C=O) groups excluding carboxylic acids is 1. The van der Waals surface area contributed by atoms with Crippen molar-refractivity contribution in [2.45, 2.75) is 13.8 Å². The van der Waals surface area contributed by atoms with Crippen LogP contribution in [-0.2, 0) is 7.05 Å². The van der Waals surface area contributed by atoms with Gasteiger partial charge in [-0.3, -0.25) is 14.0 Å². The Kier molecular flexibility index (Phi) is 2.48.